The molecule has 4 aromatic rings. The minimum atomic E-state index is -0.221. The molecule has 2 aromatic carbocycles. The number of methoxy groups -OCH3 is 1. The van der Waals surface area contributed by atoms with Crippen LogP contribution in [-0.4, -0.2) is 29.6 Å². The summed E-state index contributed by atoms with van der Waals surface area (Å²) in [7, 11) is 1.58. The molecule has 0 aliphatic carbocycles. The molecule has 8 heteroatoms. The van der Waals surface area contributed by atoms with E-state index in [0.717, 1.165) is 15.8 Å². The zero-order valence-electron chi connectivity index (χ0n) is 17.0. The van der Waals surface area contributed by atoms with Crippen LogP contribution in [0.3, 0.4) is 0 Å². The lowest BCUT2D eigenvalue weighted by Crippen LogP contribution is -2.34. The Bertz CT molecular complexity index is 1210. The number of para-hydroxylation sites is 1. The third-order valence-electron chi connectivity index (χ3n) is 4.71. The molecule has 158 valence electrons. The van der Waals surface area contributed by atoms with E-state index in [1.54, 1.807) is 36.5 Å². The van der Waals surface area contributed by atoms with Crippen LogP contribution in [0.15, 0.2) is 60.9 Å². The van der Waals surface area contributed by atoms with Gasteiger partial charge >= 0.3 is 0 Å². The molecule has 0 N–H and O–H groups in total. The van der Waals surface area contributed by atoms with Gasteiger partial charge in [-0.15, -0.1) is 0 Å². The number of pyridine rings is 1. The summed E-state index contributed by atoms with van der Waals surface area (Å²) in [6.07, 6.45) is 3.42. The molecular formula is C23H20ClN3O3S. The second-order valence-electron chi connectivity index (χ2n) is 6.82. The number of ether oxygens (including phenoxy) is 2. The molecule has 0 saturated heterocycles. The van der Waals surface area contributed by atoms with Crippen LogP contribution in [0.2, 0.25) is 5.02 Å². The van der Waals surface area contributed by atoms with E-state index < -0.39 is 0 Å². The van der Waals surface area contributed by atoms with Crippen molar-refractivity contribution >= 4 is 44.2 Å². The molecule has 0 fully saturated rings. The highest BCUT2D eigenvalue weighted by Crippen LogP contribution is 2.39. The number of hydrogen-bond acceptors (Lipinski definition) is 6. The number of halogens is 1. The van der Waals surface area contributed by atoms with Gasteiger partial charge in [0.25, 0.3) is 5.91 Å². The van der Waals surface area contributed by atoms with E-state index in [4.69, 9.17) is 21.1 Å². The van der Waals surface area contributed by atoms with Gasteiger partial charge in [-0.25, -0.2) is 4.98 Å². The van der Waals surface area contributed by atoms with Crippen LogP contribution in [0, 0.1) is 6.92 Å². The molecule has 0 radical (unpaired) electrons. The Morgan fingerprint density at radius 3 is 2.71 bits per heavy atom. The van der Waals surface area contributed by atoms with E-state index in [0.29, 0.717) is 33.7 Å². The van der Waals surface area contributed by atoms with Crippen molar-refractivity contribution in [2.75, 3.05) is 18.6 Å². The van der Waals surface area contributed by atoms with E-state index in [2.05, 4.69) is 9.97 Å². The Balaban J connectivity index is 1.67. The zero-order valence-corrected chi connectivity index (χ0v) is 18.6. The predicted octanol–water partition coefficient (Wildman–Crippen LogP) is 5.27. The maximum Gasteiger partial charge on any atom is 0.267 e. The van der Waals surface area contributed by atoms with Crippen molar-refractivity contribution in [2.45, 2.75) is 13.5 Å². The first kappa shape index (κ1) is 21.1. The molecular weight excluding hydrogens is 434 g/mol. The number of aryl methyl sites for hydroxylation is 1. The summed E-state index contributed by atoms with van der Waals surface area (Å²) in [6, 6.07) is 14.9. The Kier molecular flexibility index (Phi) is 6.34. The molecule has 1 amide bonds. The number of thiazole rings is 1. The van der Waals surface area contributed by atoms with Gasteiger partial charge in [0.05, 0.1) is 23.4 Å². The number of anilines is 1. The molecule has 0 aliphatic heterocycles. The zero-order chi connectivity index (χ0) is 21.8. The summed E-state index contributed by atoms with van der Waals surface area (Å²) in [5.41, 5.74) is 2.47. The van der Waals surface area contributed by atoms with Crippen molar-refractivity contribution < 1.29 is 14.3 Å². The van der Waals surface area contributed by atoms with Crippen molar-refractivity contribution in [1.29, 1.82) is 0 Å². The summed E-state index contributed by atoms with van der Waals surface area (Å²) in [6.45, 7) is 2.13. The average Bonchev–Trinajstić information content (AvgIpc) is 3.24. The van der Waals surface area contributed by atoms with E-state index >= 15 is 0 Å². The van der Waals surface area contributed by atoms with E-state index in [1.807, 2.05) is 43.3 Å². The highest BCUT2D eigenvalue weighted by molar-refractivity contribution is 7.23. The predicted molar refractivity (Wildman–Crippen MR) is 123 cm³/mol. The smallest absolute Gasteiger partial charge is 0.267 e. The maximum atomic E-state index is 13.2. The van der Waals surface area contributed by atoms with Gasteiger partial charge in [-0.05, 0) is 42.3 Å². The van der Waals surface area contributed by atoms with Crippen LogP contribution in [0.5, 0.6) is 11.5 Å². The molecule has 2 aromatic heterocycles. The van der Waals surface area contributed by atoms with Crippen molar-refractivity contribution in [3.8, 4) is 11.5 Å². The maximum absolute atomic E-state index is 13.2. The average molecular weight is 454 g/mol. The van der Waals surface area contributed by atoms with Gasteiger partial charge in [0.1, 0.15) is 17.0 Å². The van der Waals surface area contributed by atoms with E-state index in [-0.39, 0.29) is 12.5 Å². The molecule has 2 heterocycles. The van der Waals surface area contributed by atoms with Gasteiger partial charge in [0.2, 0.25) is 0 Å². The second kappa shape index (κ2) is 9.32. The molecule has 31 heavy (non-hydrogen) atoms. The van der Waals surface area contributed by atoms with Gasteiger partial charge in [0.15, 0.2) is 11.7 Å². The summed E-state index contributed by atoms with van der Waals surface area (Å²) >= 11 is 7.72. The lowest BCUT2D eigenvalue weighted by Gasteiger charge is -2.20. The number of amides is 1. The Hall–Kier alpha value is -3.16. The fourth-order valence-corrected chi connectivity index (χ4v) is 4.37. The summed E-state index contributed by atoms with van der Waals surface area (Å²) in [5.74, 6) is 1.05. The molecule has 4 rings (SSSR count). The van der Waals surface area contributed by atoms with Gasteiger partial charge in [-0.3, -0.25) is 14.7 Å². The first-order valence-electron chi connectivity index (χ1n) is 9.57. The van der Waals surface area contributed by atoms with Gasteiger partial charge in [0, 0.05) is 12.4 Å². The Morgan fingerprint density at radius 2 is 1.97 bits per heavy atom. The summed E-state index contributed by atoms with van der Waals surface area (Å²) in [5, 5.41) is 1.08. The fourth-order valence-electron chi connectivity index (χ4n) is 3.09. The summed E-state index contributed by atoms with van der Waals surface area (Å²) in [4.78, 5) is 23.7. The number of benzene rings is 2. The third-order valence-corrected chi connectivity index (χ3v) is 6.25. The number of carbonyl (C=O) groups excluding carboxylic acids is 1. The molecule has 0 spiro atoms. The standard InChI is InChI=1S/C23H20ClN3O3S/c1-15-6-3-4-8-18(15)30-14-20(28)27(13-16-7-5-11-25-12-16)23-26-21-19(29-2)10-9-17(24)22(21)31-23/h3-12H,13-14H2,1-2H3. The molecule has 0 bridgehead atoms. The van der Waals surface area contributed by atoms with E-state index in [9.17, 15) is 4.79 Å². The fraction of sp³-hybridized carbons (Fsp3) is 0.174. The number of fused-ring (bicyclic) bond motifs is 1. The first-order chi connectivity index (χ1) is 15.1. The monoisotopic (exact) mass is 453 g/mol. The Morgan fingerprint density at radius 1 is 1.13 bits per heavy atom. The minimum Gasteiger partial charge on any atom is -0.494 e. The molecule has 0 atom stereocenters. The second-order valence-corrected chi connectivity index (χ2v) is 8.20. The van der Waals surface area contributed by atoms with Crippen molar-refractivity contribution in [1.82, 2.24) is 9.97 Å². The van der Waals surface area contributed by atoms with Gasteiger partial charge in [-0.2, -0.15) is 0 Å². The normalized spacial score (nSPS) is 10.8. The topological polar surface area (TPSA) is 64.5 Å². The van der Waals surface area contributed by atoms with Gasteiger partial charge < -0.3 is 9.47 Å². The molecule has 0 saturated carbocycles. The van der Waals surface area contributed by atoms with Crippen molar-refractivity contribution in [3.05, 3.63) is 77.1 Å². The van der Waals surface area contributed by atoms with Crippen LogP contribution in [0.25, 0.3) is 10.2 Å². The number of rotatable bonds is 7. The quantitative estimate of drug-likeness (QED) is 0.381. The Labute approximate surface area is 189 Å². The van der Waals surface area contributed by atoms with Crippen molar-refractivity contribution in [2.24, 2.45) is 0 Å². The lowest BCUT2D eigenvalue weighted by molar-refractivity contribution is -0.120. The van der Waals surface area contributed by atoms with Crippen LogP contribution in [0.4, 0.5) is 5.13 Å². The molecule has 6 nitrogen and oxygen atoms in total. The highest BCUT2D eigenvalue weighted by atomic mass is 35.5. The number of hydrogen-bond donors (Lipinski definition) is 0. The van der Waals surface area contributed by atoms with Crippen LogP contribution < -0.4 is 14.4 Å². The van der Waals surface area contributed by atoms with Crippen molar-refractivity contribution in [3.63, 3.8) is 0 Å². The number of aromatic nitrogens is 2. The minimum absolute atomic E-state index is 0.119. The number of nitrogens with zero attached hydrogens (tertiary/aromatic N) is 3. The first-order valence-corrected chi connectivity index (χ1v) is 10.8. The largest absolute Gasteiger partial charge is 0.494 e. The van der Waals surface area contributed by atoms with E-state index in [1.165, 1.54) is 11.3 Å². The van der Waals surface area contributed by atoms with Crippen LogP contribution >= 0.6 is 22.9 Å². The molecule has 0 unspecified atom stereocenters. The number of carbonyl (C=O) groups is 1. The SMILES string of the molecule is COc1ccc(Cl)c2sc(N(Cc3cccnc3)C(=O)COc3ccccc3C)nc12. The highest BCUT2D eigenvalue weighted by Gasteiger charge is 2.23. The van der Waals surface area contributed by atoms with Gasteiger partial charge in [-0.1, -0.05) is 47.2 Å². The van der Waals surface area contributed by atoms with Crippen LogP contribution in [-0.2, 0) is 11.3 Å². The summed E-state index contributed by atoms with van der Waals surface area (Å²) < 4.78 is 12.0. The third kappa shape index (κ3) is 4.62. The van der Waals surface area contributed by atoms with Crippen LogP contribution in [0.1, 0.15) is 11.1 Å². The molecule has 0 aliphatic rings. The lowest BCUT2D eigenvalue weighted by atomic mass is 10.2.